The summed E-state index contributed by atoms with van der Waals surface area (Å²) in [5.41, 5.74) is 0. The highest BCUT2D eigenvalue weighted by Gasteiger charge is 2.22. The molecule has 21 heavy (non-hydrogen) atoms. The quantitative estimate of drug-likeness (QED) is 0.418. The molecule has 4 nitrogen and oxygen atoms in total. The maximum absolute atomic E-state index is 4.84. The second-order valence-corrected chi connectivity index (χ2v) is 6.12. The number of hydrogen-bond donors (Lipinski definition) is 2. The first-order chi connectivity index (χ1) is 9.83. The summed E-state index contributed by atoms with van der Waals surface area (Å²) in [6.07, 6.45) is 9.37. The predicted octanol–water partition coefficient (Wildman–Crippen LogP) is 2.98. The van der Waals surface area contributed by atoms with E-state index in [1.807, 2.05) is 0 Å². The van der Waals surface area contributed by atoms with Crippen molar-refractivity contribution in [2.45, 2.75) is 70.9 Å². The van der Waals surface area contributed by atoms with Crippen LogP contribution in [-0.2, 0) is 0 Å². The number of guanidine groups is 1. The van der Waals surface area contributed by atoms with Gasteiger partial charge in [0.1, 0.15) is 0 Å². The number of likely N-dealkylation sites (N-methyl/N-ethyl adjacent to an activating group) is 1. The van der Waals surface area contributed by atoms with Gasteiger partial charge in [-0.1, -0.05) is 26.2 Å². The fourth-order valence-electron chi connectivity index (χ4n) is 3.48. The SMILES string of the molecule is CCNC(=NCC1CCCN1CC)NC1CCCCC1.I. The standard InChI is InChI=1S/C16H32N4.HI/c1-3-17-16(19-14-9-6-5-7-10-14)18-13-15-11-8-12-20(15)4-2;/h14-15H,3-13H2,1-2H3,(H2,17,18,19);1H. The smallest absolute Gasteiger partial charge is 0.191 e. The van der Waals surface area contributed by atoms with E-state index in [9.17, 15) is 0 Å². The lowest BCUT2D eigenvalue weighted by Crippen LogP contribution is -2.45. The molecule has 1 aliphatic heterocycles. The van der Waals surface area contributed by atoms with Crippen LogP contribution in [0.3, 0.4) is 0 Å². The Morgan fingerprint density at radius 2 is 1.86 bits per heavy atom. The largest absolute Gasteiger partial charge is 0.357 e. The van der Waals surface area contributed by atoms with Crippen molar-refractivity contribution in [2.24, 2.45) is 4.99 Å². The maximum atomic E-state index is 4.84. The summed E-state index contributed by atoms with van der Waals surface area (Å²) < 4.78 is 0. The van der Waals surface area contributed by atoms with Gasteiger partial charge in [-0.2, -0.15) is 0 Å². The van der Waals surface area contributed by atoms with Crippen LogP contribution in [0.5, 0.6) is 0 Å². The second-order valence-electron chi connectivity index (χ2n) is 6.12. The van der Waals surface area contributed by atoms with E-state index >= 15 is 0 Å². The van der Waals surface area contributed by atoms with Crippen LogP contribution in [0.25, 0.3) is 0 Å². The molecule has 124 valence electrons. The third-order valence-corrected chi connectivity index (χ3v) is 4.66. The van der Waals surface area contributed by atoms with Gasteiger partial charge in [-0.15, -0.1) is 24.0 Å². The Labute approximate surface area is 147 Å². The first kappa shape index (κ1) is 19.0. The van der Waals surface area contributed by atoms with Crippen molar-refractivity contribution in [2.75, 3.05) is 26.2 Å². The Balaban J connectivity index is 0.00000220. The van der Waals surface area contributed by atoms with Gasteiger partial charge in [0.2, 0.25) is 0 Å². The summed E-state index contributed by atoms with van der Waals surface area (Å²) in [7, 11) is 0. The third-order valence-electron chi connectivity index (χ3n) is 4.66. The molecule has 5 heteroatoms. The lowest BCUT2D eigenvalue weighted by Gasteiger charge is -2.26. The van der Waals surface area contributed by atoms with Crippen LogP contribution in [0.1, 0.15) is 58.8 Å². The van der Waals surface area contributed by atoms with E-state index in [2.05, 4.69) is 29.4 Å². The van der Waals surface area contributed by atoms with Crippen molar-refractivity contribution in [1.29, 1.82) is 0 Å². The highest BCUT2D eigenvalue weighted by molar-refractivity contribution is 14.0. The first-order valence-corrected chi connectivity index (χ1v) is 8.62. The third kappa shape index (κ3) is 6.30. The topological polar surface area (TPSA) is 39.7 Å². The van der Waals surface area contributed by atoms with Crippen molar-refractivity contribution in [3.05, 3.63) is 0 Å². The molecule has 0 aromatic carbocycles. The second kappa shape index (κ2) is 10.6. The van der Waals surface area contributed by atoms with Gasteiger partial charge in [-0.05, 0) is 45.7 Å². The van der Waals surface area contributed by atoms with E-state index in [1.165, 1.54) is 51.5 Å². The van der Waals surface area contributed by atoms with Crippen LogP contribution < -0.4 is 10.6 Å². The van der Waals surface area contributed by atoms with Gasteiger partial charge in [0.15, 0.2) is 5.96 Å². The molecule has 1 aliphatic carbocycles. The van der Waals surface area contributed by atoms with Gasteiger partial charge in [-0.3, -0.25) is 9.89 Å². The van der Waals surface area contributed by atoms with Crippen LogP contribution in [0.15, 0.2) is 4.99 Å². The van der Waals surface area contributed by atoms with Crippen LogP contribution in [0.2, 0.25) is 0 Å². The molecule has 0 bridgehead atoms. The number of aliphatic imine (C=N–C) groups is 1. The zero-order valence-corrected chi connectivity index (χ0v) is 16.1. The van der Waals surface area contributed by atoms with Crippen molar-refractivity contribution < 1.29 is 0 Å². The number of likely N-dealkylation sites (tertiary alicyclic amines) is 1. The number of rotatable bonds is 5. The molecule has 1 heterocycles. The molecule has 0 amide bonds. The fraction of sp³-hybridized carbons (Fsp3) is 0.938. The first-order valence-electron chi connectivity index (χ1n) is 8.62. The molecular weight excluding hydrogens is 375 g/mol. The van der Waals surface area contributed by atoms with Gasteiger partial charge in [0.05, 0.1) is 6.54 Å². The van der Waals surface area contributed by atoms with E-state index in [4.69, 9.17) is 4.99 Å². The van der Waals surface area contributed by atoms with E-state index < -0.39 is 0 Å². The minimum absolute atomic E-state index is 0. The minimum atomic E-state index is 0. The molecule has 2 aliphatic rings. The molecule has 0 spiro atoms. The lowest BCUT2D eigenvalue weighted by molar-refractivity contribution is 0.272. The van der Waals surface area contributed by atoms with Crippen LogP contribution >= 0.6 is 24.0 Å². The summed E-state index contributed by atoms with van der Waals surface area (Å²) in [6, 6.07) is 1.29. The summed E-state index contributed by atoms with van der Waals surface area (Å²) in [5, 5.41) is 7.04. The molecule has 2 rings (SSSR count). The molecule has 1 saturated carbocycles. The Bertz CT molecular complexity index is 303. The molecule has 2 N–H and O–H groups in total. The zero-order valence-electron chi connectivity index (χ0n) is 13.7. The van der Waals surface area contributed by atoms with Gasteiger partial charge in [-0.25, -0.2) is 0 Å². The van der Waals surface area contributed by atoms with Crippen molar-refractivity contribution >= 4 is 29.9 Å². The Morgan fingerprint density at radius 3 is 2.52 bits per heavy atom. The summed E-state index contributed by atoms with van der Waals surface area (Å²) in [5.74, 6) is 1.03. The molecular formula is C16H33IN4. The fourth-order valence-corrected chi connectivity index (χ4v) is 3.48. The van der Waals surface area contributed by atoms with E-state index in [1.54, 1.807) is 0 Å². The number of nitrogens with one attached hydrogen (secondary N) is 2. The summed E-state index contributed by atoms with van der Waals surface area (Å²) >= 11 is 0. The van der Waals surface area contributed by atoms with E-state index in [-0.39, 0.29) is 24.0 Å². The number of hydrogen-bond acceptors (Lipinski definition) is 2. The van der Waals surface area contributed by atoms with Gasteiger partial charge in [0, 0.05) is 18.6 Å². The minimum Gasteiger partial charge on any atom is -0.357 e. The highest BCUT2D eigenvalue weighted by atomic mass is 127. The molecule has 0 aromatic heterocycles. The van der Waals surface area contributed by atoms with Crippen LogP contribution in [0.4, 0.5) is 0 Å². The van der Waals surface area contributed by atoms with Crippen molar-refractivity contribution in [3.8, 4) is 0 Å². The Hall–Kier alpha value is -0.0400. The average Bonchev–Trinajstić information content (AvgIpc) is 2.93. The Morgan fingerprint density at radius 1 is 1.10 bits per heavy atom. The molecule has 1 atom stereocenters. The summed E-state index contributed by atoms with van der Waals surface area (Å²) in [4.78, 5) is 7.40. The normalized spacial score (nSPS) is 24.7. The predicted molar refractivity (Wildman–Crippen MR) is 102 cm³/mol. The average molecular weight is 408 g/mol. The lowest BCUT2D eigenvalue weighted by atomic mass is 9.96. The Kier molecular flexibility index (Phi) is 9.64. The molecule has 0 aromatic rings. The number of halogens is 1. The maximum Gasteiger partial charge on any atom is 0.191 e. The number of nitrogens with zero attached hydrogens (tertiary/aromatic N) is 2. The van der Waals surface area contributed by atoms with E-state index in [0.717, 1.165) is 25.6 Å². The summed E-state index contributed by atoms with van der Waals surface area (Å²) in [6.45, 7) is 8.70. The van der Waals surface area contributed by atoms with Gasteiger partial charge in [0.25, 0.3) is 0 Å². The monoisotopic (exact) mass is 408 g/mol. The van der Waals surface area contributed by atoms with Crippen molar-refractivity contribution in [3.63, 3.8) is 0 Å². The van der Waals surface area contributed by atoms with Gasteiger partial charge >= 0.3 is 0 Å². The highest BCUT2D eigenvalue weighted by Crippen LogP contribution is 2.18. The van der Waals surface area contributed by atoms with E-state index in [0.29, 0.717) is 12.1 Å². The molecule has 1 unspecified atom stereocenters. The van der Waals surface area contributed by atoms with Crippen LogP contribution in [-0.4, -0.2) is 49.1 Å². The zero-order chi connectivity index (χ0) is 14.2. The molecule has 2 fully saturated rings. The molecule has 0 radical (unpaired) electrons. The van der Waals surface area contributed by atoms with Crippen LogP contribution in [0, 0.1) is 0 Å². The molecule has 1 saturated heterocycles. The van der Waals surface area contributed by atoms with Crippen molar-refractivity contribution in [1.82, 2.24) is 15.5 Å². The van der Waals surface area contributed by atoms with Gasteiger partial charge < -0.3 is 10.6 Å².